The van der Waals surface area contributed by atoms with Crippen LogP contribution < -0.4 is 10.5 Å². The third-order valence-electron chi connectivity index (χ3n) is 3.32. The maximum atomic E-state index is 5.67. The quantitative estimate of drug-likeness (QED) is 0.894. The molecule has 2 N–H and O–H groups in total. The highest BCUT2D eigenvalue weighted by molar-refractivity contribution is 6.14. The molecule has 0 aromatic heterocycles. The summed E-state index contributed by atoms with van der Waals surface area (Å²) in [6, 6.07) is 12.2. The SMILES string of the molecule is COc1ccc2ccccc2c1C1=NN=C(N)CC1. The van der Waals surface area contributed by atoms with Gasteiger partial charge in [-0.15, -0.1) is 5.10 Å². The standard InChI is InChI=1S/C15H15N3O/c1-19-13-8-6-10-4-2-3-5-11(10)15(13)12-7-9-14(16)18-17-12/h2-6,8H,7,9H2,1H3,(H2,16,18). The maximum absolute atomic E-state index is 5.67. The Morgan fingerprint density at radius 3 is 2.63 bits per heavy atom. The second-order valence-corrected chi connectivity index (χ2v) is 4.50. The summed E-state index contributed by atoms with van der Waals surface area (Å²) in [5, 5.41) is 10.5. The van der Waals surface area contributed by atoms with Gasteiger partial charge in [0.25, 0.3) is 0 Å². The molecule has 4 heteroatoms. The number of hydrogen-bond acceptors (Lipinski definition) is 4. The molecule has 0 spiro atoms. The van der Waals surface area contributed by atoms with Gasteiger partial charge in [-0.3, -0.25) is 0 Å². The van der Waals surface area contributed by atoms with Gasteiger partial charge in [0.05, 0.1) is 12.8 Å². The lowest BCUT2D eigenvalue weighted by molar-refractivity contribution is 0.414. The summed E-state index contributed by atoms with van der Waals surface area (Å²) in [6.45, 7) is 0. The van der Waals surface area contributed by atoms with E-state index in [1.165, 1.54) is 5.39 Å². The molecule has 0 bridgehead atoms. The maximum Gasteiger partial charge on any atom is 0.128 e. The molecule has 1 aliphatic rings. The van der Waals surface area contributed by atoms with Gasteiger partial charge in [-0.1, -0.05) is 30.3 Å². The fourth-order valence-electron chi connectivity index (χ4n) is 2.37. The molecule has 0 amide bonds. The van der Waals surface area contributed by atoms with Crippen molar-refractivity contribution in [1.29, 1.82) is 0 Å². The molecule has 0 unspecified atom stereocenters. The predicted molar refractivity (Wildman–Crippen MR) is 77.9 cm³/mol. The van der Waals surface area contributed by atoms with Crippen LogP contribution in [-0.2, 0) is 0 Å². The number of fused-ring (bicyclic) bond motifs is 1. The highest BCUT2D eigenvalue weighted by Crippen LogP contribution is 2.30. The average molecular weight is 253 g/mol. The minimum Gasteiger partial charge on any atom is -0.496 e. The molecule has 0 aliphatic carbocycles. The molecule has 19 heavy (non-hydrogen) atoms. The lowest BCUT2D eigenvalue weighted by atomic mass is 9.97. The Hall–Kier alpha value is -2.36. The molecule has 1 aliphatic heterocycles. The van der Waals surface area contributed by atoms with Crippen LogP contribution in [0.3, 0.4) is 0 Å². The van der Waals surface area contributed by atoms with E-state index in [-0.39, 0.29) is 0 Å². The molecule has 96 valence electrons. The Kier molecular flexibility index (Phi) is 2.91. The summed E-state index contributed by atoms with van der Waals surface area (Å²) in [5.74, 6) is 1.41. The fraction of sp³-hybridized carbons (Fsp3) is 0.200. The Labute approximate surface area is 111 Å². The van der Waals surface area contributed by atoms with Gasteiger partial charge in [0.15, 0.2) is 0 Å². The van der Waals surface area contributed by atoms with E-state index in [2.05, 4.69) is 28.4 Å². The number of amidine groups is 1. The van der Waals surface area contributed by atoms with Crippen molar-refractivity contribution in [3.63, 3.8) is 0 Å². The first-order valence-corrected chi connectivity index (χ1v) is 6.24. The van der Waals surface area contributed by atoms with Crippen LogP contribution in [0.25, 0.3) is 10.8 Å². The van der Waals surface area contributed by atoms with Crippen LogP contribution in [0.15, 0.2) is 46.6 Å². The molecule has 2 aromatic rings. The summed E-state index contributed by atoms with van der Waals surface area (Å²) in [4.78, 5) is 0. The Bertz CT molecular complexity index is 689. The molecule has 1 heterocycles. The minimum atomic E-state index is 0.586. The van der Waals surface area contributed by atoms with Crippen LogP contribution in [0.4, 0.5) is 0 Å². The second kappa shape index (κ2) is 4.72. The van der Waals surface area contributed by atoms with Crippen LogP contribution in [0.5, 0.6) is 5.75 Å². The Morgan fingerprint density at radius 1 is 1.05 bits per heavy atom. The summed E-state index contributed by atoms with van der Waals surface area (Å²) in [7, 11) is 1.68. The van der Waals surface area contributed by atoms with E-state index < -0.39 is 0 Å². The predicted octanol–water partition coefficient (Wildman–Crippen LogP) is 2.70. The molecule has 2 aromatic carbocycles. The normalized spacial score (nSPS) is 15.0. The number of rotatable bonds is 2. The van der Waals surface area contributed by atoms with E-state index in [1.54, 1.807) is 7.11 Å². The summed E-state index contributed by atoms with van der Waals surface area (Å²) < 4.78 is 5.47. The second-order valence-electron chi connectivity index (χ2n) is 4.50. The van der Waals surface area contributed by atoms with Gasteiger partial charge in [-0.2, -0.15) is 5.10 Å². The lowest BCUT2D eigenvalue weighted by Gasteiger charge is -2.15. The van der Waals surface area contributed by atoms with Crippen molar-refractivity contribution in [1.82, 2.24) is 0 Å². The molecule has 3 rings (SSSR count). The highest BCUT2D eigenvalue weighted by atomic mass is 16.5. The summed E-state index contributed by atoms with van der Waals surface area (Å²) >= 11 is 0. The van der Waals surface area contributed by atoms with Crippen LogP contribution in [0, 0.1) is 0 Å². The van der Waals surface area contributed by atoms with Crippen molar-refractivity contribution in [3.8, 4) is 5.75 Å². The van der Waals surface area contributed by atoms with E-state index in [1.807, 2.05) is 18.2 Å². The number of hydrogen-bond donors (Lipinski definition) is 1. The Balaban J connectivity index is 2.26. The molecule has 4 nitrogen and oxygen atoms in total. The molecule has 0 saturated heterocycles. The number of nitrogens with zero attached hydrogens (tertiary/aromatic N) is 2. The number of nitrogens with two attached hydrogens (primary N) is 1. The fourth-order valence-corrected chi connectivity index (χ4v) is 2.37. The van der Waals surface area contributed by atoms with Crippen molar-refractivity contribution in [2.24, 2.45) is 15.9 Å². The van der Waals surface area contributed by atoms with Crippen LogP contribution in [0.2, 0.25) is 0 Å². The van der Waals surface area contributed by atoms with Crippen LogP contribution >= 0.6 is 0 Å². The summed E-state index contributed by atoms with van der Waals surface area (Å²) in [5.41, 5.74) is 7.63. The molecular weight excluding hydrogens is 238 g/mol. The van der Waals surface area contributed by atoms with Gasteiger partial charge in [-0.25, -0.2) is 0 Å². The first kappa shape index (κ1) is 11.7. The van der Waals surface area contributed by atoms with Crippen molar-refractivity contribution >= 4 is 22.3 Å². The van der Waals surface area contributed by atoms with E-state index in [0.717, 1.165) is 35.3 Å². The first-order valence-electron chi connectivity index (χ1n) is 6.24. The number of methoxy groups -OCH3 is 1. The minimum absolute atomic E-state index is 0.586. The monoisotopic (exact) mass is 253 g/mol. The van der Waals surface area contributed by atoms with Gasteiger partial charge in [0.1, 0.15) is 11.6 Å². The van der Waals surface area contributed by atoms with Gasteiger partial charge in [0, 0.05) is 12.0 Å². The lowest BCUT2D eigenvalue weighted by Crippen LogP contribution is -2.18. The van der Waals surface area contributed by atoms with Gasteiger partial charge < -0.3 is 10.5 Å². The van der Waals surface area contributed by atoms with E-state index >= 15 is 0 Å². The van der Waals surface area contributed by atoms with Crippen molar-refractivity contribution in [2.45, 2.75) is 12.8 Å². The van der Waals surface area contributed by atoms with Gasteiger partial charge >= 0.3 is 0 Å². The zero-order chi connectivity index (χ0) is 13.2. The molecule has 0 fully saturated rings. The first-order chi connectivity index (χ1) is 9.29. The van der Waals surface area contributed by atoms with Crippen molar-refractivity contribution < 1.29 is 4.74 Å². The van der Waals surface area contributed by atoms with Gasteiger partial charge in [0.2, 0.25) is 0 Å². The number of benzene rings is 2. The van der Waals surface area contributed by atoms with E-state index in [4.69, 9.17) is 10.5 Å². The largest absolute Gasteiger partial charge is 0.496 e. The zero-order valence-corrected chi connectivity index (χ0v) is 10.8. The Morgan fingerprint density at radius 2 is 1.89 bits per heavy atom. The highest BCUT2D eigenvalue weighted by Gasteiger charge is 2.17. The van der Waals surface area contributed by atoms with Crippen molar-refractivity contribution in [2.75, 3.05) is 7.11 Å². The van der Waals surface area contributed by atoms with Crippen LogP contribution in [0.1, 0.15) is 18.4 Å². The third kappa shape index (κ3) is 2.05. The summed E-state index contributed by atoms with van der Waals surface area (Å²) in [6.07, 6.45) is 1.53. The topological polar surface area (TPSA) is 60.0 Å². The van der Waals surface area contributed by atoms with Crippen molar-refractivity contribution in [3.05, 3.63) is 42.0 Å². The number of ether oxygens (including phenoxy) is 1. The molecule has 0 radical (unpaired) electrons. The molecule has 0 atom stereocenters. The van der Waals surface area contributed by atoms with Crippen LogP contribution in [-0.4, -0.2) is 18.7 Å². The third-order valence-corrected chi connectivity index (χ3v) is 3.32. The van der Waals surface area contributed by atoms with E-state index in [0.29, 0.717) is 5.84 Å². The van der Waals surface area contributed by atoms with E-state index in [9.17, 15) is 0 Å². The average Bonchev–Trinajstić information content (AvgIpc) is 2.47. The molecular formula is C15H15N3O. The van der Waals surface area contributed by atoms with Gasteiger partial charge in [-0.05, 0) is 23.3 Å². The smallest absolute Gasteiger partial charge is 0.128 e. The molecule has 0 saturated carbocycles. The zero-order valence-electron chi connectivity index (χ0n) is 10.8.